The molecule has 5 heteroatoms. The molecule has 0 radical (unpaired) electrons. The van der Waals surface area contributed by atoms with Gasteiger partial charge in [-0.25, -0.2) is 0 Å². The molecule has 3 aromatic rings. The first-order valence-corrected chi connectivity index (χ1v) is 7.95. The fraction of sp³-hybridized carbons (Fsp3) is 0.100. The largest absolute Gasteiger partial charge is 0.399 e. The smallest absolute Gasteiger partial charge is 0.251 e. The van der Waals surface area contributed by atoms with Gasteiger partial charge in [0.2, 0.25) is 0 Å². The van der Waals surface area contributed by atoms with Crippen molar-refractivity contribution in [2.45, 2.75) is 6.54 Å². The average Bonchev–Trinajstić information content (AvgIpc) is 3.09. The molecule has 3 rings (SSSR count). The first kappa shape index (κ1) is 16.5. The van der Waals surface area contributed by atoms with E-state index in [-0.39, 0.29) is 5.91 Å². The van der Waals surface area contributed by atoms with Crippen molar-refractivity contribution in [2.24, 2.45) is 5.73 Å². The lowest BCUT2D eigenvalue weighted by Crippen LogP contribution is -2.17. The molecule has 0 saturated carbocycles. The number of nitrogens with one attached hydrogen (secondary N) is 1. The number of carbonyl (C=O) groups excluding carboxylic acids is 1. The summed E-state index contributed by atoms with van der Waals surface area (Å²) in [5, 5.41) is 7.05. The van der Waals surface area contributed by atoms with Crippen molar-refractivity contribution >= 4 is 11.6 Å². The molecule has 0 saturated heterocycles. The van der Waals surface area contributed by atoms with Gasteiger partial charge in [-0.15, -0.1) is 0 Å². The van der Waals surface area contributed by atoms with Crippen molar-refractivity contribution in [2.75, 3.05) is 7.05 Å². The number of aromatic nitrogens is 2. The Hall–Kier alpha value is -3.34. The second-order valence-corrected chi connectivity index (χ2v) is 5.81. The molecule has 3 N–H and O–H groups in total. The fourth-order valence-corrected chi connectivity index (χ4v) is 2.62. The normalized spacial score (nSPS) is 10.4. The Morgan fingerprint density at radius 3 is 2.60 bits per heavy atom. The van der Waals surface area contributed by atoms with E-state index in [1.165, 1.54) is 0 Å². The average molecular weight is 332 g/mol. The summed E-state index contributed by atoms with van der Waals surface area (Å²) in [6, 6.07) is 15.4. The Bertz CT molecular complexity index is 909. The maximum absolute atomic E-state index is 11.7. The van der Waals surface area contributed by atoms with Gasteiger partial charge in [0.1, 0.15) is 0 Å². The van der Waals surface area contributed by atoms with E-state index in [0.29, 0.717) is 17.8 Å². The van der Waals surface area contributed by atoms with Crippen LogP contribution in [0, 0.1) is 0 Å². The van der Waals surface area contributed by atoms with Crippen molar-refractivity contribution in [3.63, 3.8) is 0 Å². The lowest BCUT2D eigenvalue weighted by molar-refractivity contribution is 0.0963. The van der Waals surface area contributed by atoms with Crippen LogP contribution < -0.4 is 11.1 Å². The molecule has 0 aliphatic rings. The molecule has 0 atom stereocenters. The third-order valence-electron chi connectivity index (χ3n) is 3.98. The highest BCUT2D eigenvalue weighted by Crippen LogP contribution is 2.21. The Labute approximate surface area is 146 Å². The number of benzene rings is 2. The highest BCUT2D eigenvalue weighted by molar-refractivity contribution is 5.94. The molecule has 0 fully saturated rings. The predicted molar refractivity (Wildman–Crippen MR) is 99.8 cm³/mol. The molecule has 0 aliphatic carbocycles. The molecule has 5 nitrogen and oxygen atoms in total. The maximum Gasteiger partial charge on any atom is 0.251 e. The van der Waals surface area contributed by atoms with Crippen LogP contribution in [0.3, 0.4) is 0 Å². The lowest BCUT2D eigenvalue weighted by Gasteiger charge is -2.05. The molecule has 2 aromatic carbocycles. The Morgan fingerprint density at radius 1 is 1.16 bits per heavy atom. The number of carbonyl (C=O) groups is 1. The summed E-state index contributed by atoms with van der Waals surface area (Å²) in [5.41, 5.74) is 10.9. The van der Waals surface area contributed by atoms with Gasteiger partial charge in [-0.05, 0) is 28.8 Å². The SMILES string of the molecule is C=C(N)c1ccc(-c2cnn(Cc3cccc(C(=O)NC)c3)c2)cc1. The third kappa shape index (κ3) is 3.77. The van der Waals surface area contributed by atoms with Gasteiger partial charge in [-0.2, -0.15) is 5.10 Å². The van der Waals surface area contributed by atoms with Gasteiger partial charge in [-0.1, -0.05) is 43.0 Å². The minimum Gasteiger partial charge on any atom is -0.399 e. The summed E-state index contributed by atoms with van der Waals surface area (Å²) in [6.07, 6.45) is 3.81. The molecule has 0 unspecified atom stereocenters. The zero-order valence-electron chi connectivity index (χ0n) is 14.1. The van der Waals surface area contributed by atoms with Crippen LogP contribution in [-0.2, 0) is 6.54 Å². The van der Waals surface area contributed by atoms with E-state index < -0.39 is 0 Å². The van der Waals surface area contributed by atoms with E-state index in [9.17, 15) is 4.79 Å². The lowest BCUT2D eigenvalue weighted by atomic mass is 10.1. The molecular formula is C20H20N4O. The highest BCUT2D eigenvalue weighted by Gasteiger charge is 2.06. The van der Waals surface area contributed by atoms with Gasteiger partial charge >= 0.3 is 0 Å². The van der Waals surface area contributed by atoms with E-state index in [1.54, 1.807) is 13.1 Å². The van der Waals surface area contributed by atoms with Crippen molar-refractivity contribution in [3.05, 3.63) is 84.2 Å². The monoisotopic (exact) mass is 332 g/mol. The summed E-state index contributed by atoms with van der Waals surface area (Å²) < 4.78 is 1.86. The van der Waals surface area contributed by atoms with Gasteiger partial charge in [-0.3, -0.25) is 9.48 Å². The van der Waals surface area contributed by atoms with E-state index in [0.717, 1.165) is 22.3 Å². The summed E-state index contributed by atoms with van der Waals surface area (Å²) in [4.78, 5) is 11.7. The Kier molecular flexibility index (Phi) is 4.66. The molecular weight excluding hydrogens is 312 g/mol. The summed E-state index contributed by atoms with van der Waals surface area (Å²) in [6.45, 7) is 4.34. The van der Waals surface area contributed by atoms with Crippen molar-refractivity contribution in [1.82, 2.24) is 15.1 Å². The van der Waals surface area contributed by atoms with Crippen LogP contribution >= 0.6 is 0 Å². The van der Waals surface area contributed by atoms with E-state index in [1.807, 2.05) is 59.5 Å². The number of nitrogens with two attached hydrogens (primary N) is 1. The second-order valence-electron chi connectivity index (χ2n) is 5.81. The molecule has 0 aliphatic heterocycles. The van der Waals surface area contributed by atoms with Crippen molar-refractivity contribution in [1.29, 1.82) is 0 Å². The van der Waals surface area contributed by atoms with Crippen molar-refractivity contribution in [3.8, 4) is 11.1 Å². The van der Waals surface area contributed by atoms with Crippen LogP contribution in [0.2, 0.25) is 0 Å². The van der Waals surface area contributed by atoms with Gasteiger partial charge in [0, 0.05) is 30.1 Å². The zero-order valence-corrected chi connectivity index (χ0v) is 14.1. The van der Waals surface area contributed by atoms with Crippen LogP contribution in [0.5, 0.6) is 0 Å². The van der Waals surface area contributed by atoms with E-state index in [2.05, 4.69) is 17.0 Å². The van der Waals surface area contributed by atoms with Gasteiger partial charge < -0.3 is 11.1 Å². The number of hydrogen-bond acceptors (Lipinski definition) is 3. The zero-order chi connectivity index (χ0) is 17.8. The van der Waals surface area contributed by atoms with Gasteiger partial charge in [0.15, 0.2) is 0 Å². The van der Waals surface area contributed by atoms with E-state index >= 15 is 0 Å². The van der Waals surface area contributed by atoms with Crippen LogP contribution in [0.15, 0.2) is 67.5 Å². The molecule has 0 spiro atoms. The maximum atomic E-state index is 11.7. The van der Waals surface area contributed by atoms with Gasteiger partial charge in [0.25, 0.3) is 5.91 Å². The minimum atomic E-state index is -0.0930. The van der Waals surface area contributed by atoms with Crippen molar-refractivity contribution < 1.29 is 4.79 Å². The molecule has 1 aromatic heterocycles. The third-order valence-corrected chi connectivity index (χ3v) is 3.98. The van der Waals surface area contributed by atoms with E-state index in [4.69, 9.17) is 5.73 Å². The summed E-state index contributed by atoms with van der Waals surface area (Å²) in [7, 11) is 1.63. The fourth-order valence-electron chi connectivity index (χ4n) is 2.62. The Balaban J connectivity index is 1.78. The number of hydrogen-bond donors (Lipinski definition) is 2. The first-order chi connectivity index (χ1) is 12.1. The number of nitrogens with zero attached hydrogens (tertiary/aromatic N) is 2. The number of amides is 1. The van der Waals surface area contributed by atoms with Gasteiger partial charge in [0.05, 0.1) is 12.7 Å². The first-order valence-electron chi connectivity index (χ1n) is 7.95. The Morgan fingerprint density at radius 2 is 1.92 bits per heavy atom. The summed E-state index contributed by atoms with van der Waals surface area (Å²) in [5.74, 6) is -0.0930. The minimum absolute atomic E-state index is 0.0930. The van der Waals surface area contributed by atoms with Crippen LogP contribution in [-0.4, -0.2) is 22.7 Å². The molecule has 25 heavy (non-hydrogen) atoms. The summed E-state index contributed by atoms with van der Waals surface area (Å²) >= 11 is 0. The topological polar surface area (TPSA) is 72.9 Å². The molecule has 126 valence electrons. The molecule has 1 heterocycles. The number of rotatable bonds is 5. The van der Waals surface area contributed by atoms with Crippen LogP contribution in [0.1, 0.15) is 21.5 Å². The van der Waals surface area contributed by atoms with Crippen LogP contribution in [0.4, 0.5) is 0 Å². The predicted octanol–water partition coefficient (Wildman–Crippen LogP) is 2.89. The molecule has 0 bridgehead atoms. The second kappa shape index (κ2) is 7.05. The standard InChI is InChI=1S/C20H20N4O/c1-14(21)16-6-8-17(9-7-16)19-11-23-24(13-19)12-15-4-3-5-18(10-15)20(25)22-2/h3-11,13H,1,12,21H2,2H3,(H,22,25). The van der Waals surface area contributed by atoms with Crippen LogP contribution in [0.25, 0.3) is 16.8 Å². The molecule has 1 amide bonds. The highest BCUT2D eigenvalue weighted by atomic mass is 16.1. The quantitative estimate of drug-likeness (QED) is 0.754.